The van der Waals surface area contributed by atoms with E-state index in [2.05, 4.69) is 18.7 Å². The number of aliphatic hydroxyl groups excluding tert-OH is 1. The predicted octanol–water partition coefficient (Wildman–Crippen LogP) is 2.90. The van der Waals surface area contributed by atoms with Gasteiger partial charge in [-0.2, -0.15) is 0 Å². The molecule has 96 valence electrons. The molecule has 17 heavy (non-hydrogen) atoms. The van der Waals surface area contributed by atoms with E-state index in [9.17, 15) is 9.50 Å². The highest BCUT2D eigenvalue weighted by atomic mass is 19.1. The van der Waals surface area contributed by atoms with Gasteiger partial charge in [0.2, 0.25) is 0 Å². The van der Waals surface area contributed by atoms with Gasteiger partial charge in [-0.15, -0.1) is 0 Å². The Bertz CT molecular complexity index is 330. The van der Waals surface area contributed by atoms with Gasteiger partial charge in [0.1, 0.15) is 5.82 Å². The lowest BCUT2D eigenvalue weighted by atomic mass is 10.0. The third-order valence-corrected chi connectivity index (χ3v) is 3.06. The van der Waals surface area contributed by atoms with Gasteiger partial charge < -0.3 is 10.0 Å². The SMILES string of the molecule is CCN(CC)CCC(O)c1cc(C)cc(F)c1. The van der Waals surface area contributed by atoms with Crippen LogP contribution in [0.15, 0.2) is 18.2 Å². The summed E-state index contributed by atoms with van der Waals surface area (Å²) in [5.41, 5.74) is 1.52. The van der Waals surface area contributed by atoms with Crippen LogP contribution in [0.3, 0.4) is 0 Å². The maximum absolute atomic E-state index is 13.2. The number of nitrogens with zero attached hydrogens (tertiary/aromatic N) is 1. The van der Waals surface area contributed by atoms with Gasteiger partial charge in [-0.3, -0.25) is 0 Å². The Morgan fingerprint density at radius 2 is 1.88 bits per heavy atom. The van der Waals surface area contributed by atoms with Crippen molar-refractivity contribution < 1.29 is 9.50 Å². The molecule has 1 N–H and O–H groups in total. The second-order valence-corrected chi connectivity index (χ2v) is 4.39. The van der Waals surface area contributed by atoms with Crippen LogP contribution in [0.2, 0.25) is 0 Å². The Labute approximate surface area is 103 Å². The molecule has 3 heteroatoms. The van der Waals surface area contributed by atoms with E-state index >= 15 is 0 Å². The average Bonchev–Trinajstić information content (AvgIpc) is 2.28. The second kappa shape index (κ2) is 6.72. The van der Waals surface area contributed by atoms with Crippen LogP contribution in [0.4, 0.5) is 4.39 Å². The van der Waals surface area contributed by atoms with Crippen LogP contribution in [0, 0.1) is 12.7 Å². The van der Waals surface area contributed by atoms with Crippen molar-refractivity contribution in [3.63, 3.8) is 0 Å². The first-order chi connectivity index (χ1) is 8.06. The van der Waals surface area contributed by atoms with Crippen LogP contribution in [-0.4, -0.2) is 29.6 Å². The van der Waals surface area contributed by atoms with E-state index in [0.29, 0.717) is 12.0 Å². The molecule has 0 bridgehead atoms. The van der Waals surface area contributed by atoms with Gasteiger partial charge in [0.25, 0.3) is 0 Å². The molecule has 0 aliphatic heterocycles. The van der Waals surface area contributed by atoms with Crippen molar-refractivity contribution in [1.82, 2.24) is 4.90 Å². The Morgan fingerprint density at radius 1 is 1.24 bits per heavy atom. The fourth-order valence-electron chi connectivity index (χ4n) is 1.97. The average molecular weight is 239 g/mol. The maximum Gasteiger partial charge on any atom is 0.123 e. The Hall–Kier alpha value is -0.930. The molecule has 0 aromatic heterocycles. The van der Waals surface area contributed by atoms with Crippen molar-refractivity contribution in [3.8, 4) is 0 Å². The molecule has 0 fully saturated rings. The number of halogens is 1. The predicted molar refractivity (Wildman–Crippen MR) is 68.5 cm³/mol. The maximum atomic E-state index is 13.2. The normalized spacial score (nSPS) is 13.1. The second-order valence-electron chi connectivity index (χ2n) is 4.39. The minimum atomic E-state index is -0.579. The monoisotopic (exact) mass is 239 g/mol. The van der Waals surface area contributed by atoms with E-state index < -0.39 is 6.10 Å². The summed E-state index contributed by atoms with van der Waals surface area (Å²) in [6.07, 6.45) is 0.0647. The van der Waals surface area contributed by atoms with Crippen LogP contribution in [0.5, 0.6) is 0 Å². The number of rotatable bonds is 6. The van der Waals surface area contributed by atoms with Crippen LogP contribution in [0.25, 0.3) is 0 Å². The van der Waals surface area contributed by atoms with E-state index in [4.69, 9.17) is 0 Å². The van der Waals surface area contributed by atoms with Crippen molar-refractivity contribution in [2.75, 3.05) is 19.6 Å². The molecule has 2 nitrogen and oxygen atoms in total. The lowest BCUT2D eigenvalue weighted by Gasteiger charge is -2.20. The summed E-state index contributed by atoms with van der Waals surface area (Å²) < 4.78 is 13.2. The molecule has 1 aromatic carbocycles. The van der Waals surface area contributed by atoms with Crippen LogP contribution >= 0.6 is 0 Å². The largest absolute Gasteiger partial charge is 0.388 e. The minimum Gasteiger partial charge on any atom is -0.388 e. The fourth-order valence-corrected chi connectivity index (χ4v) is 1.97. The van der Waals surface area contributed by atoms with Crippen LogP contribution < -0.4 is 0 Å². The Balaban J connectivity index is 2.60. The first-order valence-corrected chi connectivity index (χ1v) is 6.24. The first kappa shape index (κ1) is 14.1. The lowest BCUT2D eigenvalue weighted by Crippen LogP contribution is -2.25. The van der Waals surface area contributed by atoms with Gasteiger partial charge in [-0.05, 0) is 49.7 Å². The molecule has 0 radical (unpaired) electrons. The number of hydrogen-bond acceptors (Lipinski definition) is 2. The highest BCUT2D eigenvalue weighted by molar-refractivity contribution is 5.25. The number of aliphatic hydroxyl groups is 1. The zero-order valence-corrected chi connectivity index (χ0v) is 10.9. The van der Waals surface area contributed by atoms with Crippen LogP contribution in [-0.2, 0) is 0 Å². The fraction of sp³-hybridized carbons (Fsp3) is 0.571. The van der Waals surface area contributed by atoms with E-state index in [1.54, 1.807) is 0 Å². The molecule has 1 rings (SSSR count). The zero-order valence-electron chi connectivity index (χ0n) is 10.9. The third kappa shape index (κ3) is 4.44. The summed E-state index contributed by atoms with van der Waals surface area (Å²) in [7, 11) is 0. The molecule has 0 aliphatic carbocycles. The van der Waals surface area contributed by atoms with Gasteiger partial charge in [0.05, 0.1) is 6.10 Å². The standard InChI is InChI=1S/C14H22FNO/c1-4-16(5-2)7-6-14(17)12-8-11(3)9-13(15)10-12/h8-10,14,17H,4-7H2,1-3H3. The summed E-state index contributed by atoms with van der Waals surface area (Å²) in [6.45, 7) is 8.83. The molecule has 0 aliphatic rings. The molecule has 1 unspecified atom stereocenters. The van der Waals surface area contributed by atoms with Crippen molar-refractivity contribution in [3.05, 3.63) is 35.1 Å². The Kier molecular flexibility index (Phi) is 5.59. The van der Waals surface area contributed by atoms with E-state index in [0.717, 1.165) is 25.2 Å². The Morgan fingerprint density at radius 3 is 2.41 bits per heavy atom. The minimum absolute atomic E-state index is 0.276. The van der Waals surface area contributed by atoms with Crippen molar-refractivity contribution in [1.29, 1.82) is 0 Å². The number of benzene rings is 1. The summed E-state index contributed by atoms with van der Waals surface area (Å²) in [4.78, 5) is 2.25. The lowest BCUT2D eigenvalue weighted by molar-refractivity contribution is 0.145. The van der Waals surface area contributed by atoms with Crippen molar-refractivity contribution in [2.24, 2.45) is 0 Å². The summed E-state index contributed by atoms with van der Waals surface area (Å²) in [6, 6.07) is 4.73. The molecule has 0 amide bonds. The number of aryl methyl sites for hydroxylation is 1. The molecular weight excluding hydrogens is 217 g/mol. The quantitative estimate of drug-likeness (QED) is 0.825. The van der Waals surface area contributed by atoms with Gasteiger partial charge in [-0.1, -0.05) is 19.9 Å². The molecule has 0 saturated heterocycles. The van der Waals surface area contributed by atoms with Gasteiger partial charge >= 0.3 is 0 Å². The van der Waals surface area contributed by atoms with E-state index in [1.165, 1.54) is 12.1 Å². The van der Waals surface area contributed by atoms with Crippen molar-refractivity contribution in [2.45, 2.75) is 33.3 Å². The molecule has 0 saturated carbocycles. The third-order valence-electron chi connectivity index (χ3n) is 3.06. The summed E-state index contributed by atoms with van der Waals surface area (Å²) >= 11 is 0. The first-order valence-electron chi connectivity index (χ1n) is 6.24. The highest BCUT2D eigenvalue weighted by Gasteiger charge is 2.10. The zero-order chi connectivity index (χ0) is 12.8. The highest BCUT2D eigenvalue weighted by Crippen LogP contribution is 2.19. The van der Waals surface area contributed by atoms with E-state index in [1.807, 2.05) is 13.0 Å². The van der Waals surface area contributed by atoms with E-state index in [-0.39, 0.29) is 5.82 Å². The van der Waals surface area contributed by atoms with Crippen molar-refractivity contribution >= 4 is 0 Å². The number of hydrogen-bond donors (Lipinski definition) is 1. The van der Waals surface area contributed by atoms with Crippen LogP contribution in [0.1, 0.15) is 37.5 Å². The smallest absolute Gasteiger partial charge is 0.123 e. The molecule has 1 aromatic rings. The topological polar surface area (TPSA) is 23.5 Å². The molecular formula is C14H22FNO. The molecule has 0 spiro atoms. The molecule has 0 heterocycles. The van der Waals surface area contributed by atoms with Gasteiger partial charge in [0, 0.05) is 6.54 Å². The summed E-state index contributed by atoms with van der Waals surface area (Å²) in [5.74, 6) is -0.276. The van der Waals surface area contributed by atoms with Gasteiger partial charge in [-0.25, -0.2) is 4.39 Å². The summed E-state index contributed by atoms with van der Waals surface area (Å²) in [5, 5.41) is 10.0. The molecule has 1 atom stereocenters. The van der Waals surface area contributed by atoms with Gasteiger partial charge in [0.15, 0.2) is 0 Å².